The average molecular weight is 388 g/mol. The van der Waals surface area contributed by atoms with Crippen molar-refractivity contribution < 1.29 is 17.8 Å². The van der Waals surface area contributed by atoms with Gasteiger partial charge < -0.3 is 13.7 Å². The molecule has 24 heavy (non-hydrogen) atoms. The van der Waals surface area contributed by atoms with Crippen molar-refractivity contribution >= 4 is 30.1 Å². The molecule has 1 unspecified atom stereocenters. The highest BCUT2D eigenvalue weighted by Crippen LogP contribution is 2.57. The topological polar surface area (TPSA) is 64.6 Å². The van der Waals surface area contributed by atoms with E-state index in [1.54, 1.807) is 0 Å². The molecule has 1 amide bonds. The van der Waals surface area contributed by atoms with Crippen LogP contribution in [0.5, 0.6) is 0 Å². The van der Waals surface area contributed by atoms with Gasteiger partial charge in [0.15, 0.2) is 16.6 Å². The number of hydrogen-bond acceptors (Lipinski definition) is 4. The molecule has 0 fully saturated rings. The number of hydrogen-bond donors (Lipinski definition) is 1. The second kappa shape index (κ2) is 8.10. The van der Waals surface area contributed by atoms with Gasteiger partial charge in [-0.15, -0.1) is 0 Å². The summed E-state index contributed by atoms with van der Waals surface area (Å²) < 4.78 is 25.8. The van der Waals surface area contributed by atoms with Crippen molar-refractivity contribution in [1.29, 1.82) is 0 Å². The molecule has 0 saturated heterocycles. The molecular formula is C16H30NO4PSi2. The highest BCUT2D eigenvalue weighted by Gasteiger charge is 2.43. The van der Waals surface area contributed by atoms with Crippen LogP contribution in [0.4, 0.5) is 0 Å². The highest BCUT2D eigenvalue weighted by molar-refractivity contribution is 7.57. The largest absolute Gasteiger partial charge is 0.350 e. The lowest BCUT2D eigenvalue weighted by Gasteiger charge is -2.36. The Bertz CT molecular complexity index is 576. The van der Waals surface area contributed by atoms with Gasteiger partial charge in [0.2, 0.25) is 5.91 Å². The Kier molecular flexibility index (Phi) is 7.20. The fourth-order valence-corrected chi connectivity index (χ4v) is 10.6. The fourth-order valence-electron chi connectivity index (χ4n) is 2.22. The van der Waals surface area contributed by atoms with Gasteiger partial charge in [0, 0.05) is 13.3 Å². The van der Waals surface area contributed by atoms with Crippen molar-refractivity contribution in [3.8, 4) is 0 Å². The van der Waals surface area contributed by atoms with E-state index in [2.05, 4.69) is 5.32 Å². The number of amides is 1. The Morgan fingerprint density at radius 3 is 1.88 bits per heavy atom. The third-order valence-electron chi connectivity index (χ3n) is 2.83. The maximum absolute atomic E-state index is 13.7. The molecule has 1 rings (SSSR count). The zero-order valence-electron chi connectivity index (χ0n) is 15.8. The van der Waals surface area contributed by atoms with E-state index in [0.29, 0.717) is 6.42 Å². The fraction of sp³-hybridized carbons (Fsp3) is 0.562. The van der Waals surface area contributed by atoms with Gasteiger partial charge in [0.1, 0.15) is 5.78 Å². The summed E-state index contributed by atoms with van der Waals surface area (Å²) >= 11 is 0. The quantitative estimate of drug-likeness (QED) is 0.523. The summed E-state index contributed by atoms with van der Waals surface area (Å²) in [7, 11) is -7.78. The lowest BCUT2D eigenvalue weighted by molar-refractivity contribution is -0.119. The van der Waals surface area contributed by atoms with Crippen molar-refractivity contribution in [3.05, 3.63) is 35.9 Å². The minimum Gasteiger partial charge on any atom is -0.350 e. The van der Waals surface area contributed by atoms with Gasteiger partial charge in [-0.2, -0.15) is 0 Å². The predicted octanol–water partition coefficient (Wildman–Crippen LogP) is 4.59. The van der Waals surface area contributed by atoms with Crippen molar-refractivity contribution in [2.75, 3.05) is 0 Å². The molecule has 0 aliphatic rings. The van der Waals surface area contributed by atoms with Gasteiger partial charge in [-0.05, 0) is 44.8 Å². The summed E-state index contributed by atoms with van der Waals surface area (Å²) in [5.74, 6) is -0.926. The molecule has 1 atom stereocenters. The van der Waals surface area contributed by atoms with E-state index in [0.717, 1.165) is 5.56 Å². The normalized spacial score (nSPS) is 14.3. The number of nitrogens with one attached hydrogen (secondary N) is 1. The molecule has 1 aromatic carbocycles. The number of benzene rings is 1. The second-order valence-corrected chi connectivity index (χ2v) is 19.5. The Morgan fingerprint density at radius 1 is 1.04 bits per heavy atom. The first-order valence-electron chi connectivity index (χ1n) is 8.13. The van der Waals surface area contributed by atoms with Crippen LogP contribution in [0.25, 0.3) is 0 Å². The first kappa shape index (κ1) is 21.3. The Balaban J connectivity index is 3.22. The lowest BCUT2D eigenvalue weighted by Crippen LogP contribution is -2.41. The highest BCUT2D eigenvalue weighted by atomic mass is 31.2. The molecule has 0 aromatic heterocycles. The summed E-state index contributed by atoms with van der Waals surface area (Å²) in [6, 6.07) is 9.66. The van der Waals surface area contributed by atoms with Crippen LogP contribution in [0.15, 0.2) is 30.3 Å². The van der Waals surface area contributed by atoms with Gasteiger partial charge in [-0.1, -0.05) is 30.3 Å². The monoisotopic (exact) mass is 387 g/mol. The molecule has 136 valence electrons. The molecule has 0 spiro atoms. The van der Waals surface area contributed by atoms with Gasteiger partial charge in [-0.25, -0.2) is 0 Å². The van der Waals surface area contributed by atoms with Gasteiger partial charge in [-0.3, -0.25) is 9.36 Å². The van der Waals surface area contributed by atoms with E-state index < -0.39 is 30.0 Å². The van der Waals surface area contributed by atoms with Crippen molar-refractivity contribution in [2.45, 2.75) is 58.4 Å². The van der Waals surface area contributed by atoms with E-state index in [1.807, 2.05) is 69.6 Å². The first-order chi connectivity index (χ1) is 10.8. The van der Waals surface area contributed by atoms with E-state index in [4.69, 9.17) is 8.43 Å². The molecule has 0 aliphatic heterocycles. The number of carbonyl (C=O) groups excluding carboxylic acids is 1. The van der Waals surface area contributed by atoms with Crippen LogP contribution in [0.1, 0.15) is 12.5 Å². The summed E-state index contributed by atoms with van der Waals surface area (Å²) in [5, 5.41) is 2.81. The third kappa shape index (κ3) is 7.90. The first-order valence-corrected chi connectivity index (χ1v) is 16.6. The SMILES string of the molecule is CC(=O)NC(Cc1ccccc1)P(=O)(O[Si](C)(C)C)O[Si](C)(C)C. The van der Waals surface area contributed by atoms with Gasteiger partial charge in [0.05, 0.1) is 0 Å². The van der Waals surface area contributed by atoms with Crippen molar-refractivity contribution in [3.63, 3.8) is 0 Å². The van der Waals surface area contributed by atoms with E-state index in [9.17, 15) is 9.36 Å². The molecule has 1 N–H and O–H groups in total. The standard InChI is InChI=1S/C16H30NO4PSi2/c1-14(18)17-16(13-15-11-9-8-10-12-15)22(19,20-23(2,3)4)21-24(5,6)7/h8-12,16H,13H2,1-7H3,(H,17,18). The molecule has 0 heterocycles. The van der Waals surface area contributed by atoms with E-state index in [-0.39, 0.29) is 5.91 Å². The minimum absolute atomic E-state index is 0.241. The molecule has 1 aromatic rings. The summed E-state index contributed by atoms with van der Waals surface area (Å²) in [6.07, 6.45) is 0.409. The van der Waals surface area contributed by atoms with Crippen LogP contribution in [0.2, 0.25) is 39.3 Å². The Hall–Kier alpha value is -0.726. The maximum Gasteiger partial charge on any atom is 0.333 e. The lowest BCUT2D eigenvalue weighted by atomic mass is 10.1. The van der Waals surface area contributed by atoms with Crippen molar-refractivity contribution in [2.24, 2.45) is 0 Å². The summed E-state index contributed by atoms with van der Waals surface area (Å²) in [5.41, 5.74) is 0.981. The van der Waals surface area contributed by atoms with Crippen LogP contribution in [0, 0.1) is 0 Å². The molecular weight excluding hydrogens is 357 g/mol. The number of carbonyl (C=O) groups is 1. The molecule has 0 aliphatic carbocycles. The smallest absolute Gasteiger partial charge is 0.333 e. The zero-order chi connectivity index (χ0) is 18.6. The summed E-state index contributed by atoms with van der Waals surface area (Å²) in [4.78, 5) is 11.7. The van der Waals surface area contributed by atoms with Crippen LogP contribution < -0.4 is 5.32 Å². The average Bonchev–Trinajstić information content (AvgIpc) is 2.34. The van der Waals surface area contributed by atoms with Gasteiger partial charge >= 0.3 is 7.60 Å². The van der Waals surface area contributed by atoms with Crippen LogP contribution in [0.3, 0.4) is 0 Å². The third-order valence-corrected chi connectivity index (χ3v) is 10.3. The minimum atomic E-state index is -3.50. The van der Waals surface area contributed by atoms with E-state index in [1.165, 1.54) is 6.92 Å². The van der Waals surface area contributed by atoms with Crippen LogP contribution in [-0.4, -0.2) is 28.3 Å². The Morgan fingerprint density at radius 2 is 1.50 bits per heavy atom. The predicted molar refractivity (Wildman–Crippen MR) is 104 cm³/mol. The van der Waals surface area contributed by atoms with Crippen LogP contribution in [-0.2, 0) is 24.2 Å². The maximum atomic E-state index is 13.7. The molecule has 5 nitrogen and oxygen atoms in total. The van der Waals surface area contributed by atoms with Crippen molar-refractivity contribution in [1.82, 2.24) is 5.32 Å². The molecule has 0 radical (unpaired) electrons. The number of rotatable bonds is 8. The summed E-state index contributed by atoms with van der Waals surface area (Å²) in [6.45, 7) is 13.3. The second-order valence-electron chi connectivity index (χ2n) is 7.85. The van der Waals surface area contributed by atoms with Gasteiger partial charge in [0.25, 0.3) is 0 Å². The molecule has 8 heteroatoms. The zero-order valence-corrected chi connectivity index (χ0v) is 18.6. The van der Waals surface area contributed by atoms with Crippen LogP contribution >= 0.6 is 7.60 Å². The molecule has 0 bridgehead atoms. The van der Waals surface area contributed by atoms with E-state index >= 15 is 0 Å². The molecule has 0 saturated carbocycles. The Labute approximate surface area is 147 Å².